The fourth-order valence-corrected chi connectivity index (χ4v) is 4.17. The predicted molar refractivity (Wildman–Crippen MR) is 132 cm³/mol. The van der Waals surface area contributed by atoms with Gasteiger partial charge in [0.05, 0.1) is 25.8 Å². The maximum atomic E-state index is 13.3. The highest BCUT2D eigenvalue weighted by atomic mass is 16.5. The molecule has 2 heterocycles. The Labute approximate surface area is 204 Å². The molecule has 2 aromatic carbocycles. The second-order valence-electron chi connectivity index (χ2n) is 8.34. The molecule has 8 heteroatoms. The molecule has 0 unspecified atom stereocenters. The summed E-state index contributed by atoms with van der Waals surface area (Å²) in [6.07, 6.45) is 3.30. The Kier molecular flexibility index (Phi) is 6.73. The van der Waals surface area contributed by atoms with Crippen molar-refractivity contribution in [3.05, 3.63) is 89.3 Å². The third-order valence-corrected chi connectivity index (χ3v) is 6.00. The number of aromatic nitrogens is 1. The number of hydrogen-bond acceptors (Lipinski definition) is 7. The van der Waals surface area contributed by atoms with Gasteiger partial charge in [-0.05, 0) is 47.5 Å². The van der Waals surface area contributed by atoms with Gasteiger partial charge in [-0.15, -0.1) is 0 Å². The van der Waals surface area contributed by atoms with E-state index >= 15 is 0 Å². The van der Waals surface area contributed by atoms with E-state index in [1.54, 1.807) is 36.7 Å². The van der Waals surface area contributed by atoms with Crippen molar-refractivity contribution in [1.29, 1.82) is 0 Å². The number of likely N-dealkylation sites (tertiary alicyclic amines) is 1. The first-order valence-electron chi connectivity index (χ1n) is 11.0. The van der Waals surface area contributed by atoms with Gasteiger partial charge in [0, 0.05) is 44.3 Å². The van der Waals surface area contributed by atoms with Gasteiger partial charge in [0.2, 0.25) is 0 Å². The van der Waals surface area contributed by atoms with E-state index in [0.717, 1.165) is 11.3 Å². The first kappa shape index (κ1) is 23.8. The van der Waals surface area contributed by atoms with E-state index in [2.05, 4.69) is 4.98 Å². The van der Waals surface area contributed by atoms with Crippen molar-refractivity contribution in [3.8, 4) is 11.5 Å². The molecule has 8 nitrogen and oxygen atoms in total. The standard InChI is InChI=1S/C27H27N3O5/c1-29(2)20-10-7-18(8-11-20)24-23(25(31)19-9-12-21(34-3)22(14-19)35-4)26(32)27(33)30(24)16-17-6-5-13-28-15-17/h5-15,24,31H,16H2,1-4H3/t24-/m0/s1. The fraction of sp³-hybridized carbons (Fsp3) is 0.222. The lowest BCUT2D eigenvalue weighted by Crippen LogP contribution is -2.29. The maximum Gasteiger partial charge on any atom is 0.295 e. The molecular weight excluding hydrogens is 446 g/mol. The van der Waals surface area contributed by atoms with Crippen LogP contribution in [0.4, 0.5) is 5.69 Å². The molecule has 3 aromatic rings. The third-order valence-electron chi connectivity index (χ3n) is 6.00. The van der Waals surface area contributed by atoms with Crippen LogP contribution in [0.25, 0.3) is 5.76 Å². The molecule has 35 heavy (non-hydrogen) atoms. The number of carbonyl (C=O) groups is 2. The molecule has 4 rings (SSSR count). The molecule has 1 atom stereocenters. The van der Waals surface area contributed by atoms with Crippen LogP contribution in [0.2, 0.25) is 0 Å². The summed E-state index contributed by atoms with van der Waals surface area (Å²) in [4.78, 5) is 34.0. The predicted octanol–water partition coefficient (Wildman–Crippen LogP) is 3.79. The number of amides is 1. The summed E-state index contributed by atoms with van der Waals surface area (Å²) in [5, 5.41) is 11.3. The summed E-state index contributed by atoms with van der Waals surface area (Å²) >= 11 is 0. The molecule has 1 aromatic heterocycles. The van der Waals surface area contributed by atoms with Crippen LogP contribution in [0.15, 0.2) is 72.6 Å². The van der Waals surface area contributed by atoms with Crippen LogP contribution in [-0.4, -0.2) is 55.0 Å². The Hall–Kier alpha value is -4.33. The fourth-order valence-electron chi connectivity index (χ4n) is 4.17. The van der Waals surface area contributed by atoms with Crippen LogP contribution >= 0.6 is 0 Å². The molecule has 0 aliphatic carbocycles. The number of nitrogens with zero attached hydrogens (tertiary/aromatic N) is 3. The number of rotatable bonds is 7. The van der Waals surface area contributed by atoms with Crippen LogP contribution in [0.3, 0.4) is 0 Å². The number of ether oxygens (including phenoxy) is 2. The van der Waals surface area contributed by atoms with Crippen LogP contribution in [-0.2, 0) is 16.1 Å². The van der Waals surface area contributed by atoms with E-state index < -0.39 is 17.7 Å². The van der Waals surface area contributed by atoms with Crippen molar-refractivity contribution < 1.29 is 24.2 Å². The van der Waals surface area contributed by atoms with Crippen molar-refractivity contribution in [3.63, 3.8) is 0 Å². The first-order valence-corrected chi connectivity index (χ1v) is 11.0. The number of aliphatic hydroxyl groups excluding tert-OH is 1. The summed E-state index contributed by atoms with van der Waals surface area (Å²) in [6.45, 7) is 0.168. The Morgan fingerprint density at radius 3 is 2.34 bits per heavy atom. The van der Waals surface area contributed by atoms with Gasteiger partial charge >= 0.3 is 0 Å². The Morgan fingerprint density at radius 1 is 1.03 bits per heavy atom. The van der Waals surface area contributed by atoms with E-state index in [1.165, 1.54) is 19.1 Å². The van der Waals surface area contributed by atoms with Gasteiger partial charge in [-0.3, -0.25) is 14.6 Å². The average molecular weight is 474 g/mol. The Morgan fingerprint density at radius 2 is 1.74 bits per heavy atom. The van der Waals surface area contributed by atoms with Gasteiger partial charge in [-0.2, -0.15) is 0 Å². The number of pyridine rings is 1. The summed E-state index contributed by atoms with van der Waals surface area (Å²) in [7, 11) is 6.86. The quantitative estimate of drug-likeness (QED) is 0.317. The van der Waals surface area contributed by atoms with E-state index in [-0.39, 0.29) is 17.9 Å². The van der Waals surface area contributed by atoms with Crippen LogP contribution in [0.5, 0.6) is 11.5 Å². The zero-order valence-electron chi connectivity index (χ0n) is 20.1. The largest absolute Gasteiger partial charge is 0.507 e. The zero-order valence-corrected chi connectivity index (χ0v) is 20.1. The number of benzene rings is 2. The third kappa shape index (κ3) is 4.55. The molecule has 180 valence electrons. The molecule has 0 saturated carbocycles. The van der Waals surface area contributed by atoms with Crippen LogP contribution in [0.1, 0.15) is 22.7 Å². The smallest absolute Gasteiger partial charge is 0.295 e. The summed E-state index contributed by atoms with van der Waals surface area (Å²) in [5.41, 5.74) is 2.81. The van der Waals surface area contributed by atoms with Crippen molar-refractivity contribution >= 4 is 23.1 Å². The van der Waals surface area contributed by atoms with Crippen molar-refractivity contribution in [1.82, 2.24) is 9.88 Å². The second kappa shape index (κ2) is 9.89. The highest BCUT2D eigenvalue weighted by molar-refractivity contribution is 6.46. The topological polar surface area (TPSA) is 92.2 Å². The van der Waals surface area contributed by atoms with E-state index in [9.17, 15) is 14.7 Å². The average Bonchev–Trinajstić information content (AvgIpc) is 3.13. The van der Waals surface area contributed by atoms with Gasteiger partial charge < -0.3 is 24.4 Å². The Bertz CT molecular complexity index is 1270. The molecule has 1 amide bonds. The zero-order chi connectivity index (χ0) is 25.1. The normalized spacial score (nSPS) is 16.9. The SMILES string of the molecule is COc1ccc(C(O)=C2C(=O)C(=O)N(Cc3cccnc3)[C@H]2c2ccc(N(C)C)cc2)cc1OC. The minimum atomic E-state index is -0.778. The molecular formula is C27H27N3O5. The van der Waals surface area contributed by atoms with Crippen LogP contribution in [0, 0.1) is 0 Å². The minimum Gasteiger partial charge on any atom is -0.507 e. The van der Waals surface area contributed by atoms with Gasteiger partial charge in [-0.25, -0.2) is 0 Å². The number of hydrogen-bond donors (Lipinski definition) is 1. The molecule has 1 N–H and O–H groups in total. The molecule has 1 fully saturated rings. The Balaban J connectivity index is 1.86. The number of carbonyl (C=O) groups excluding carboxylic acids is 2. The number of aliphatic hydroxyl groups is 1. The molecule has 1 aliphatic heterocycles. The second-order valence-corrected chi connectivity index (χ2v) is 8.34. The lowest BCUT2D eigenvalue weighted by molar-refractivity contribution is -0.140. The lowest BCUT2D eigenvalue weighted by atomic mass is 9.94. The van der Waals surface area contributed by atoms with E-state index in [4.69, 9.17) is 9.47 Å². The van der Waals surface area contributed by atoms with E-state index in [0.29, 0.717) is 22.6 Å². The minimum absolute atomic E-state index is 0.0173. The summed E-state index contributed by atoms with van der Waals surface area (Å²) < 4.78 is 10.6. The van der Waals surface area contributed by atoms with Crippen molar-refractivity contribution in [2.24, 2.45) is 0 Å². The lowest BCUT2D eigenvalue weighted by Gasteiger charge is -2.26. The molecule has 1 saturated heterocycles. The molecule has 0 spiro atoms. The number of ketones is 1. The summed E-state index contributed by atoms with van der Waals surface area (Å²) in [5.74, 6) is -0.829. The van der Waals surface area contributed by atoms with Gasteiger partial charge in [-0.1, -0.05) is 18.2 Å². The number of anilines is 1. The van der Waals surface area contributed by atoms with Gasteiger partial charge in [0.25, 0.3) is 11.7 Å². The van der Waals surface area contributed by atoms with Crippen molar-refractivity contribution in [2.45, 2.75) is 12.6 Å². The van der Waals surface area contributed by atoms with Gasteiger partial charge in [0.15, 0.2) is 11.5 Å². The van der Waals surface area contributed by atoms with Crippen molar-refractivity contribution in [2.75, 3.05) is 33.2 Å². The monoisotopic (exact) mass is 473 g/mol. The highest BCUT2D eigenvalue weighted by Crippen LogP contribution is 2.41. The number of methoxy groups -OCH3 is 2. The molecule has 1 aliphatic rings. The maximum absolute atomic E-state index is 13.3. The molecule has 0 bridgehead atoms. The first-order chi connectivity index (χ1) is 16.8. The summed E-state index contributed by atoms with van der Waals surface area (Å²) in [6, 6.07) is 15.2. The number of Topliss-reactive ketones (excluding diaryl/α,β-unsaturated/α-hetero) is 1. The molecule has 0 radical (unpaired) electrons. The van der Waals surface area contributed by atoms with Crippen LogP contribution < -0.4 is 14.4 Å². The van der Waals surface area contributed by atoms with E-state index in [1.807, 2.05) is 49.3 Å². The van der Waals surface area contributed by atoms with Gasteiger partial charge in [0.1, 0.15) is 5.76 Å². The highest BCUT2D eigenvalue weighted by Gasteiger charge is 2.46.